The minimum absolute atomic E-state index is 0.0129. The van der Waals surface area contributed by atoms with E-state index in [0.717, 1.165) is 0 Å². The van der Waals surface area contributed by atoms with E-state index in [1.165, 1.54) is 6.07 Å². The van der Waals surface area contributed by atoms with Crippen LogP contribution in [0.2, 0.25) is 0 Å². The average Bonchev–Trinajstić information content (AvgIpc) is 2.27. The van der Waals surface area contributed by atoms with E-state index in [9.17, 15) is 18.0 Å². The smallest absolute Gasteiger partial charge is 0.398 e. The summed E-state index contributed by atoms with van der Waals surface area (Å²) >= 11 is 0. The molecular formula is C12H14F3NO. The maximum atomic E-state index is 13.0. The quantitative estimate of drug-likeness (QED) is 0.656. The number of halogens is 3. The third-order valence-corrected chi connectivity index (χ3v) is 2.73. The van der Waals surface area contributed by atoms with Gasteiger partial charge in [-0.05, 0) is 30.0 Å². The highest BCUT2D eigenvalue weighted by Gasteiger charge is 2.36. The highest BCUT2D eigenvalue weighted by Crippen LogP contribution is 2.38. The van der Waals surface area contributed by atoms with Crippen LogP contribution in [0.15, 0.2) is 6.07 Å². The van der Waals surface area contributed by atoms with E-state index in [1.807, 2.05) is 0 Å². The molecule has 0 saturated carbocycles. The molecular weight excluding hydrogens is 231 g/mol. The fourth-order valence-electron chi connectivity index (χ4n) is 1.94. The molecule has 1 aromatic rings. The molecule has 1 rings (SSSR count). The molecule has 0 radical (unpaired) electrons. The molecule has 0 aliphatic carbocycles. The highest BCUT2D eigenvalue weighted by atomic mass is 19.4. The van der Waals surface area contributed by atoms with Crippen molar-refractivity contribution in [3.63, 3.8) is 0 Å². The van der Waals surface area contributed by atoms with Gasteiger partial charge in [-0.1, -0.05) is 13.8 Å². The van der Waals surface area contributed by atoms with E-state index in [-0.39, 0.29) is 35.2 Å². The minimum Gasteiger partial charge on any atom is -0.398 e. The molecule has 0 amide bonds. The first-order valence-corrected chi connectivity index (χ1v) is 5.33. The van der Waals surface area contributed by atoms with Gasteiger partial charge in [0.15, 0.2) is 6.29 Å². The first-order chi connectivity index (χ1) is 7.86. The molecule has 0 fully saturated rings. The van der Waals surface area contributed by atoms with Crippen molar-refractivity contribution in [2.24, 2.45) is 0 Å². The number of hydrogen-bond donors (Lipinski definition) is 1. The molecule has 0 aliphatic heterocycles. The minimum atomic E-state index is -4.44. The lowest BCUT2D eigenvalue weighted by atomic mass is 9.92. The average molecular weight is 245 g/mol. The Balaban J connectivity index is 3.67. The summed E-state index contributed by atoms with van der Waals surface area (Å²) in [5.41, 5.74) is 5.10. The van der Waals surface area contributed by atoms with Crippen LogP contribution in [0.5, 0.6) is 0 Å². The Morgan fingerprint density at radius 2 is 1.88 bits per heavy atom. The molecule has 94 valence electrons. The second-order valence-corrected chi connectivity index (χ2v) is 3.71. The molecule has 0 heterocycles. The first-order valence-electron chi connectivity index (χ1n) is 5.33. The Morgan fingerprint density at radius 3 is 2.24 bits per heavy atom. The summed E-state index contributed by atoms with van der Waals surface area (Å²) in [6, 6.07) is 1.23. The molecule has 5 heteroatoms. The van der Waals surface area contributed by atoms with Crippen molar-refractivity contribution in [1.29, 1.82) is 0 Å². The molecule has 17 heavy (non-hydrogen) atoms. The van der Waals surface area contributed by atoms with Gasteiger partial charge in [-0.15, -0.1) is 0 Å². The summed E-state index contributed by atoms with van der Waals surface area (Å²) in [6.07, 6.45) is -3.58. The van der Waals surface area contributed by atoms with E-state index in [1.54, 1.807) is 13.8 Å². The van der Waals surface area contributed by atoms with E-state index in [4.69, 9.17) is 5.73 Å². The number of hydrogen-bond acceptors (Lipinski definition) is 2. The van der Waals surface area contributed by atoms with Crippen LogP contribution in [0.1, 0.15) is 40.9 Å². The molecule has 2 N–H and O–H groups in total. The predicted octanol–water partition coefficient (Wildman–Crippen LogP) is 3.22. The van der Waals surface area contributed by atoms with Gasteiger partial charge in [0.25, 0.3) is 0 Å². The van der Waals surface area contributed by atoms with Gasteiger partial charge in [0.2, 0.25) is 0 Å². The third kappa shape index (κ3) is 2.43. The van der Waals surface area contributed by atoms with Crippen LogP contribution in [0.25, 0.3) is 0 Å². The molecule has 0 saturated heterocycles. The number of aryl methyl sites for hydroxylation is 1. The molecule has 0 aliphatic rings. The Morgan fingerprint density at radius 1 is 1.29 bits per heavy atom. The number of benzene rings is 1. The van der Waals surface area contributed by atoms with Crippen molar-refractivity contribution >= 4 is 12.0 Å². The standard InChI is InChI=1S/C12H14F3NO/c1-3-7-5-8(6-17)11(16)9(4-2)10(7)12(13,14)15/h5-6H,3-4,16H2,1-2H3. The van der Waals surface area contributed by atoms with Crippen LogP contribution in [-0.4, -0.2) is 6.29 Å². The molecule has 0 unspecified atom stereocenters. The summed E-state index contributed by atoms with van der Waals surface area (Å²) < 4.78 is 38.9. The van der Waals surface area contributed by atoms with Crippen LogP contribution in [0.3, 0.4) is 0 Å². The zero-order chi connectivity index (χ0) is 13.2. The normalized spacial score (nSPS) is 11.6. The van der Waals surface area contributed by atoms with E-state index < -0.39 is 11.7 Å². The lowest BCUT2D eigenvalue weighted by molar-refractivity contribution is -0.138. The summed E-state index contributed by atoms with van der Waals surface area (Å²) in [5.74, 6) is 0. The van der Waals surface area contributed by atoms with Crippen LogP contribution >= 0.6 is 0 Å². The van der Waals surface area contributed by atoms with Crippen molar-refractivity contribution in [3.8, 4) is 0 Å². The van der Waals surface area contributed by atoms with Crippen molar-refractivity contribution in [3.05, 3.63) is 28.3 Å². The van der Waals surface area contributed by atoms with Crippen molar-refractivity contribution in [2.75, 3.05) is 5.73 Å². The van der Waals surface area contributed by atoms with Gasteiger partial charge in [-0.2, -0.15) is 13.2 Å². The van der Waals surface area contributed by atoms with Crippen LogP contribution in [-0.2, 0) is 19.0 Å². The number of aldehydes is 1. The zero-order valence-corrected chi connectivity index (χ0v) is 9.69. The van der Waals surface area contributed by atoms with E-state index >= 15 is 0 Å². The zero-order valence-electron chi connectivity index (χ0n) is 9.69. The number of rotatable bonds is 3. The number of alkyl halides is 3. The first kappa shape index (κ1) is 13.5. The maximum Gasteiger partial charge on any atom is 0.417 e. The lowest BCUT2D eigenvalue weighted by Gasteiger charge is -2.19. The van der Waals surface area contributed by atoms with Gasteiger partial charge in [0, 0.05) is 11.3 Å². The molecule has 2 nitrogen and oxygen atoms in total. The molecule has 1 aromatic carbocycles. The van der Waals surface area contributed by atoms with Crippen molar-refractivity contribution < 1.29 is 18.0 Å². The summed E-state index contributed by atoms with van der Waals surface area (Å²) in [5, 5.41) is 0. The van der Waals surface area contributed by atoms with Crippen molar-refractivity contribution in [1.82, 2.24) is 0 Å². The molecule has 0 bridgehead atoms. The van der Waals surface area contributed by atoms with Gasteiger partial charge in [0.05, 0.1) is 5.56 Å². The summed E-state index contributed by atoms with van der Waals surface area (Å²) in [4.78, 5) is 10.8. The maximum absolute atomic E-state index is 13.0. The van der Waals surface area contributed by atoms with E-state index in [0.29, 0.717) is 6.29 Å². The monoisotopic (exact) mass is 245 g/mol. The Hall–Kier alpha value is -1.52. The Kier molecular flexibility index (Phi) is 3.80. The number of nitrogen functional groups attached to an aromatic ring is 1. The Bertz CT molecular complexity index is 438. The van der Waals surface area contributed by atoms with Gasteiger partial charge in [-0.3, -0.25) is 4.79 Å². The third-order valence-electron chi connectivity index (χ3n) is 2.73. The van der Waals surface area contributed by atoms with Crippen LogP contribution < -0.4 is 5.73 Å². The SMILES string of the molecule is CCc1cc(C=O)c(N)c(CC)c1C(F)(F)F. The predicted molar refractivity (Wildman–Crippen MR) is 60.0 cm³/mol. The van der Waals surface area contributed by atoms with Gasteiger partial charge in [0.1, 0.15) is 0 Å². The molecule has 0 aromatic heterocycles. The van der Waals surface area contributed by atoms with Crippen LogP contribution in [0, 0.1) is 0 Å². The summed E-state index contributed by atoms with van der Waals surface area (Å²) in [6.45, 7) is 3.21. The number of nitrogens with two attached hydrogens (primary N) is 1. The topological polar surface area (TPSA) is 43.1 Å². The number of carbonyl (C=O) groups is 1. The lowest BCUT2D eigenvalue weighted by Crippen LogP contribution is -2.16. The Labute approximate surface area is 97.6 Å². The second-order valence-electron chi connectivity index (χ2n) is 3.71. The molecule has 0 atom stereocenters. The highest BCUT2D eigenvalue weighted by molar-refractivity contribution is 5.86. The fourth-order valence-corrected chi connectivity index (χ4v) is 1.94. The number of anilines is 1. The van der Waals surface area contributed by atoms with Gasteiger partial charge < -0.3 is 5.73 Å². The second kappa shape index (κ2) is 4.77. The van der Waals surface area contributed by atoms with E-state index in [2.05, 4.69) is 0 Å². The van der Waals surface area contributed by atoms with Gasteiger partial charge in [-0.25, -0.2) is 0 Å². The number of carbonyl (C=O) groups excluding carboxylic acids is 1. The van der Waals surface area contributed by atoms with Crippen LogP contribution in [0.4, 0.5) is 18.9 Å². The molecule has 0 spiro atoms. The fraction of sp³-hybridized carbons (Fsp3) is 0.417. The summed E-state index contributed by atoms with van der Waals surface area (Å²) in [7, 11) is 0. The van der Waals surface area contributed by atoms with Gasteiger partial charge >= 0.3 is 6.18 Å². The van der Waals surface area contributed by atoms with Crippen molar-refractivity contribution in [2.45, 2.75) is 32.9 Å². The largest absolute Gasteiger partial charge is 0.417 e.